The van der Waals surface area contributed by atoms with Crippen LogP contribution < -0.4 is 0 Å². The Balaban J connectivity index is 2.28. The summed E-state index contributed by atoms with van der Waals surface area (Å²) in [5.74, 6) is 0.718. The second-order valence-corrected chi connectivity index (χ2v) is 4.65. The van der Waals surface area contributed by atoms with E-state index in [4.69, 9.17) is 12.2 Å². The summed E-state index contributed by atoms with van der Waals surface area (Å²) >= 11 is 5.40. The summed E-state index contributed by atoms with van der Waals surface area (Å²) in [6.45, 7) is -0.238. The molecule has 1 heterocycles. The van der Waals surface area contributed by atoms with Gasteiger partial charge in [0.15, 0.2) is 5.82 Å². The summed E-state index contributed by atoms with van der Waals surface area (Å²) in [5, 5.41) is 13.8. The van der Waals surface area contributed by atoms with Crippen LogP contribution in [0.25, 0.3) is 17.1 Å². The number of aliphatic hydroxyl groups is 1. The lowest BCUT2D eigenvalue weighted by atomic mass is 10.2. The van der Waals surface area contributed by atoms with Gasteiger partial charge in [-0.15, -0.1) is 5.10 Å². The topological polar surface area (TPSA) is 43.0 Å². The predicted molar refractivity (Wildman–Crippen MR) is 80.0 cm³/mol. The molecule has 2 aromatic carbocycles. The Kier molecular flexibility index (Phi) is 3.45. The second kappa shape index (κ2) is 5.40. The minimum Gasteiger partial charge on any atom is -0.374 e. The molecule has 1 N–H and O–H groups in total. The Morgan fingerprint density at radius 2 is 1.55 bits per heavy atom. The van der Waals surface area contributed by atoms with Crippen molar-refractivity contribution in [1.29, 1.82) is 0 Å². The van der Waals surface area contributed by atoms with E-state index in [9.17, 15) is 5.11 Å². The van der Waals surface area contributed by atoms with Crippen LogP contribution in [0.3, 0.4) is 0 Å². The summed E-state index contributed by atoms with van der Waals surface area (Å²) in [6, 6.07) is 19.6. The molecule has 0 atom stereocenters. The standard InChI is InChI=1S/C15H13N3OS/c19-11-17-15(20)18(13-9-5-2-6-10-13)14(16-17)12-7-3-1-4-8-12/h1-10,19H,11H2. The van der Waals surface area contributed by atoms with Crippen molar-refractivity contribution < 1.29 is 5.11 Å². The highest BCUT2D eigenvalue weighted by molar-refractivity contribution is 7.71. The SMILES string of the molecule is OCn1nc(-c2ccccc2)n(-c2ccccc2)c1=S. The lowest BCUT2D eigenvalue weighted by Crippen LogP contribution is -2.00. The van der Waals surface area contributed by atoms with E-state index in [0.29, 0.717) is 4.77 Å². The summed E-state index contributed by atoms with van der Waals surface area (Å²) in [5.41, 5.74) is 1.88. The van der Waals surface area contributed by atoms with Crippen LogP contribution in [-0.2, 0) is 6.73 Å². The number of benzene rings is 2. The van der Waals surface area contributed by atoms with Crippen LogP contribution in [0.4, 0.5) is 0 Å². The van der Waals surface area contributed by atoms with E-state index < -0.39 is 0 Å². The van der Waals surface area contributed by atoms with E-state index in [2.05, 4.69) is 5.10 Å². The van der Waals surface area contributed by atoms with Crippen molar-refractivity contribution in [2.24, 2.45) is 0 Å². The van der Waals surface area contributed by atoms with Gasteiger partial charge < -0.3 is 5.11 Å². The highest BCUT2D eigenvalue weighted by Crippen LogP contribution is 2.22. The van der Waals surface area contributed by atoms with E-state index in [0.717, 1.165) is 17.1 Å². The first-order valence-electron chi connectivity index (χ1n) is 6.23. The fourth-order valence-electron chi connectivity index (χ4n) is 2.08. The van der Waals surface area contributed by atoms with Gasteiger partial charge in [0, 0.05) is 11.3 Å². The van der Waals surface area contributed by atoms with Crippen LogP contribution in [-0.4, -0.2) is 19.5 Å². The Morgan fingerprint density at radius 1 is 0.950 bits per heavy atom. The van der Waals surface area contributed by atoms with Gasteiger partial charge in [-0.3, -0.25) is 4.57 Å². The van der Waals surface area contributed by atoms with Gasteiger partial charge in [0.1, 0.15) is 6.73 Å². The minimum absolute atomic E-state index is 0.238. The Labute approximate surface area is 121 Å². The van der Waals surface area contributed by atoms with Gasteiger partial charge >= 0.3 is 0 Å². The van der Waals surface area contributed by atoms with Crippen LogP contribution in [0.15, 0.2) is 60.7 Å². The number of para-hydroxylation sites is 1. The first-order chi connectivity index (χ1) is 9.81. The van der Waals surface area contributed by atoms with Gasteiger partial charge in [0.2, 0.25) is 4.77 Å². The lowest BCUT2D eigenvalue weighted by Gasteiger charge is -2.06. The zero-order valence-corrected chi connectivity index (χ0v) is 11.5. The van der Waals surface area contributed by atoms with Crippen molar-refractivity contribution in [3.05, 3.63) is 65.4 Å². The Morgan fingerprint density at radius 3 is 2.15 bits per heavy atom. The maximum atomic E-state index is 9.37. The smallest absolute Gasteiger partial charge is 0.205 e. The first kappa shape index (κ1) is 12.8. The molecule has 0 spiro atoms. The van der Waals surface area contributed by atoms with Crippen LogP contribution >= 0.6 is 12.2 Å². The summed E-state index contributed by atoms with van der Waals surface area (Å²) in [6.07, 6.45) is 0. The number of hydrogen-bond donors (Lipinski definition) is 1. The third kappa shape index (κ3) is 2.17. The molecule has 0 bridgehead atoms. The molecule has 0 aliphatic rings. The van der Waals surface area contributed by atoms with E-state index in [1.807, 2.05) is 65.2 Å². The van der Waals surface area contributed by atoms with E-state index in [1.54, 1.807) is 0 Å². The average molecular weight is 283 g/mol. The molecular formula is C15H13N3OS. The van der Waals surface area contributed by atoms with Gasteiger partial charge in [-0.05, 0) is 24.4 Å². The zero-order valence-electron chi connectivity index (χ0n) is 10.7. The van der Waals surface area contributed by atoms with Gasteiger partial charge in [-0.25, -0.2) is 4.68 Å². The van der Waals surface area contributed by atoms with Crippen LogP contribution in [0.1, 0.15) is 0 Å². The molecule has 0 radical (unpaired) electrons. The van der Waals surface area contributed by atoms with Gasteiger partial charge in [0.25, 0.3) is 0 Å². The minimum atomic E-state index is -0.238. The van der Waals surface area contributed by atoms with Crippen molar-refractivity contribution >= 4 is 12.2 Å². The summed E-state index contributed by atoms with van der Waals surface area (Å²) in [7, 11) is 0. The molecule has 1 aromatic heterocycles. The number of rotatable bonds is 3. The number of aromatic nitrogens is 3. The molecule has 20 heavy (non-hydrogen) atoms. The van der Waals surface area contributed by atoms with Crippen LogP contribution in [0, 0.1) is 4.77 Å². The number of nitrogens with zero attached hydrogens (tertiary/aromatic N) is 3. The van der Waals surface area contributed by atoms with E-state index >= 15 is 0 Å². The van der Waals surface area contributed by atoms with Gasteiger partial charge in [0.05, 0.1) is 0 Å². The van der Waals surface area contributed by atoms with Crippen molar-refractivity contribution in [2.75, 3.05) is 0 Å². The molecular weight excluding hydrogens is 270 g/mol. The third-order valence-corrected chi connectivity index (χ3v) is 3.41. The molecule has 0 saturated heterocycles. The maximum Gasteiger partial charge on any atom is 0.205 e. The fourth-order valence-corrected chi connectivity index (χ4v) is 2.37. The number of hydrogen-bond acceptors (Lipinski definition) is 3. The third-order valence-electron chi connectivity index (χ3n) is 3.02. The Bertz CT molecular complexity index is 763. The van der Waals surface area contributed by atoms with Gasteiger partial charge in [-0.2, -0.15) is 0 Å². The fraction of sp³-hybridized carbons (Fsp3) is 0.0667. The average Bonchev–Trinajstić information content (AvgIpc) is 2.86. The first-order valence-corrected chi connectivity index (χ1v) is 6.63. The summed E-state index contributed by atoms with van der Waals surface area (Å²) < 4.78 is 3.74. The van der Waals surface area contributed by atoms with Crippen LogP contribution in [0.5, 0.6) is 0 Å². The lowest BCUT2D eigenvalue weighted by molar-refractivity contribution is 0.193. The van der Waals surface area contributed by atoms with Crippen LogP contribution in [0.2, 0.25) is 0 Å². The largest absolute Gasteiger partial charge is 0.374 e. The molecule has 4 nitrogen and oxygen atoms in total. The van der Waals surface area contributed by atoms with Crippen molar-refractivity contribution in [3.8, 4) is 17.1 Å². The molecule has 0 fully saturated rings. The highest BCUT2D eigenvalue weighted by Gasteiger charge is 2.13. The molecule has 0 aliphatic carbocycles. The number of aliphatic hydroxyl groups excluding tert-OH is 1. The molecule has 3 rings (SSSR count). The molecule has 0 saturated carbocycles. The van der Waals surface area contributed by atoms with Crippen molar-refractivity contribution in [2.45, 2.75) is 6.73 Å². The van der Waals surface area contributed by atoms with Crippen molar-refractivity contribution in [1.82, 2.24) is 14.3 Å². The maximum absolute atomic E-state index is 9.37. The Hall–Kier alpha value is -2.24. The molecule has 100 valence electrons. The highest BCUT2D eigenvalue weighted by atomic mass is 32.1. The van der Waals surface area contributed by atoms with E-state index in [1.165, 1.54) is 4.68 Å². The van der Waals surface area contributed by atoms with Gasteiger partial charge in [-0.1, -0.05) is 48.5 Å². The molecule has 0 unspecified atom stereocenters. The normalized spacial score (nSPS) is 10.7. The molecule has 3 aromatic rings. The molecule has 0 amide bonds. The van der Waals surface area contributed by atoms with E-state index in [-0.39, 0.29) is 6.73 Å². The predicted octanol–water partition coefficient (Wildman–Crippen LogP) is 3.02. The molecule has 0 aliphatic heterocycles. The second-order valence-electron chi connectivity index (χ2n) is 4.28. The quantitative estimate of drug-likeness (QED) is 0.751. The molecule has 5 heteroatoms. The van der Waals surface area contributed by atoms with Crippen molar-refractivity contribution in [3.63, 3.8) is 0 Å². The zero-order chi connectivity index (χ0) is 13.9. The monoisotopic (exact) mass is 283 g/mol. The summed E-state index contributed by atoms with van der Waals surface area (Å²) in [4.78, 5) is 0.